The van der Waals surface area contributed by atoms with Crippen molar-refractivity contribution < 1.29 is 19.1 Å². The van der Waals surface area contributed by atoms with E-state index in [0.717, 1.165) is 0 Å². The van der Waals surface area contributed by atoms with Gasteiger partial charge in [0.05, 0.1) is 12.2 Å². The number of hydrogen-bond donors (Lipinski definition) is 0. The number of esters is 2. The highest BCUT2D eigenvalue weighted by molar-refractivity contribution is 6.00. The molecule has 0 aromatic rings. The van der Waals surface area contributed by atoms with Crippen molar-refractivity contribution >= 4 is 11.9 Å². The molecule has 0 unspecified atom stereocenters. The molecule has 0 heterocycles. The molecule has 0 bridgehead atoms. The number of rotatable bonds is 8. The van der Waals surface area contributed by atoms with Crippen molar-refractivity contribution in [3.63, 3.8) is 0 Å². The molecule has 0 spiro atoms. The first-order valence-electron chi connectivity index (χ1n) is 7.93. The van der Waals surface area contributed by atoms with E-state index in [1.165, 1.54) is 0 Å². The van der Waals surface area contributed by atoms with Gasteiger partial charge in [0.25, 0.3) is 0 Å². The Labute approximate surface area is 129 Å². The number of carbonyl (C=O) groups excluding carboxylic acids is 2. The summed E-state index contributed by atoms with van der Waals surface area (Å²) >= 11 is 0. The molecule has 0 N–H and O–H groups in total. The topological polar surface area (TPSA) is 52.6 Å². The Balaban J connectivity index is 5.60. The van der Waals surface area contributed by atoms with Crippen LogP contribution in [0.4, 0.5) is 0 Å². The Hall–Kier alpha value is -1.06. The number of ether oxygens (including phenoxy) is 2. The molecular weight excluding hydrogens is 268 g/mol. The molecule has 0 aromatic heterocycles. The van der Waals surface area contributed by atoms with Gasteiger partial charge >= 0.3 is 11.9 Å². The highest BCUT2D eigenvalue weighted by atomic mass is 16.6. The monoisotopic (exact) mass is 300 g/mol. The molecule has 4 nitrogen and oxygen atoms in total. The van der Waals surface area contributed by atoms with E-state index in [1.54, 1.807) is 27.7 Å². The summed E-state index contributed by atoms with van der Waals surface area (Å²) in [4.78, 5) is 25.3. The maximum Gasteiger partial charge on any atom is 0.323 e. The third-order valence-electron chi connectivity index (χ3n) is 2.98. The van der Waals surface area contributed by atoms with Crippen LogP contribution in [-0.4, -0.2) is 24.1 Å². The standard InChI is InChI=1S/C17H32O4/c1-11(2)9-17(10-12(3)4,15(18)20-13(5)6)16(19)21-14(7)8/h11-14H,9-10H2,1-8H3. The fourth-order valence-electron chi connectivity index (χ4n) is 2.55. The maximum absolute atomic E-state index is 12.6. The van der Waals surface area contributed by atoms with Crippen molar-refractivity contribution in [2.45, 2.75) is 80.4 Å². The third-order valence-corrected chi connectivity index (χ3v) is 2.98. The van der Waals surface area contributed by atoms with Crippen molar-refractivity contribution in [3.05, 3.63) is 0 Å². The van der Waals surface area contributed by atoms with Crippen molar-refractivity contribution in [1.29, 1.82) is 0 Å². The fraction of sp³-hybridized carbons (Fsp3) is 0.882. The molecule has 0 saturated carbocycles. The first-order chi connectivity index (χ1) is 9.51. The molecule has 0 atom stereocenters. The molecule has 0 aliphatic carbocycles. The highest BCUT2D eigenvalue weighted by Gasteiger charge is 2.50. The van der Waals surface area contributed by atoms with Gasteiger partial charge in [-0.1, -0.05) is 27.7 Å². The summed E-state index contributed by atoms with van der Waals surface area (Å²) in [7, 11) is 0. The van der Waals surface area contributed by atoms with E-state index in [4.69, 9.17) is 9.47 Å². The summed E-state index contributed by atoms with van der Waals surface area (Å²) in [6, 6.07) is 0. The summed E-state index contributed by atoms with van der Waals surface area (Å²) in [5.41, 5.74) is -1.20. The lowest BCUT2D eigenvalue weighted by Crippen LogP contribution is -2.45. The average molecular weight is 300 g/mol. The molecule has 0 aromatic carbocycles. The second-order valence-electron chi connectivity index (χ2n) is 7.19. The summed E-state index contributed by atoms with van der Waals surface area (Å²) in [6.45, 7) is 15.2. The van der Waals surface area contributed by atoms with Crippen LogP contribution in [-0.2, 0) is 19.1 Å². The lowest BCUT2D eigenvalue weighted by atomic mass is 9.74. The van der Waals surface area contributed by atoms with Crippen molar-refractivity contribution in [1.82, 2.24) is 0 Å². The summed E-state index contributed by atoms with van der Waals surface area (Å²) in [5, 5.41) is 0. The van der Waals surface area contributed by atoms with Crippen LogP contribution in [0.15, 0.2) is 0 Å². The van der Waals surface area contributed by atoms with E-state index in [9.17, 15) is 9.59 Å². The van der Waals surface area contributed by atoms with Crippen LogP contribution in [0.2, 0.25) is 0 Å². The molecular formula is C17H32O4. The van der Waals surface area contributed by atoms with Crippen molar-refractivity contribution in [2.24, 2.45) is 17.3 Å². The smallest absolute Gasteiger partial charge is 0.323 e. The molecule has 0 fully saturated rings. The minimum Gasteiger partial charge on any atom is -0.462 e. The Morgan fingerprint density at radius 3 is 1.19 bits per heavy atom. The third kappa shape index (κ3) is 6.49. The summed E-state index contributed by atoms with van der Waals surface area (Å²) < 4.78 is 10.8. The Kier molecular flexibility index (Phi) is 7.98. The predicted octanol–water partition coefficient (Wildman–Crippen LogP) is 3.97. The van der Waals surface area contributed by atoms with Crippen LogP contribution >= 0.6 is 0 Å². The first-order valence-corrected chi connectivity index (χ1v) is 7.93. The van der Waals surface area contributed by atoms with Crippen LogP contribution in [0.3, 0.4) is 0 Å². The fourth-order valence-corrected chi connectivity index (χ4v) is 2.55. The van der Waals surface area contributed by atoms with Gasteiger partial charge in [0.1, 0.15) is 0 Å². The molecule has 0 aliphatic rings. The van der Waals surface area contributed by atoms with Gasteiger partial charge in [-0.3, -0.25) is 9.59 Å². The van der Waals surface area contributed by atoms with Gasteiger partial charge in [-0.05, 0) is 52.4 Å². The van der Waals surface area contributed by atoms with Gasteiger partial charge in [0.15, 0.2) is 5.41 Å². The van der Waals surface area contributed by atoms with Gasteiger partial charge < -0.3 is 9.47 Å². The average Bonchev–Trinajstić information content (AvgIpc) is 2.24. The zero-order valence-electron chi connectivity index (χ0n) is 14.9. The van der Waals surface area contributed by atoms with Crippen molar-refractivity contribution in [3.8, 4) is 0 Å². The van der Waals surface area contributed by atoms with Gasteiger partial charge in [0.2, 0.25) is 0 Å². The lowest BCUT2D eigenvalue weighted by Gasteiger charge is -2.33. The van der Waals surface area contributed by atoms with Gasteiger partial charge in [-0.15, -0.1) is 0 Å². The van der Waals surface area contributed by atoms with E-state index in [2.05, 4.69) is 0 Å². The first kappa shape index (κ1) is 19.9. The highest BCUT2D eigenvalue weighted by Crippen LogP contribution is 2.37. The number of hydrogen-bond acceptors (Lipinski definition) is 4. The minimum absolute atomic E-state index is 0.197. The van der Waals surface area contributed by atoms with E-state index < -0.39 is 17.4 Å². The van der Waals surface area contributed by atoms with E-state index >= 15 is 0 Å². The normalized spacial score (nSPS) is 12.4. The van der Waals surface area contributed by atoms with Gasteiger partial charge in [-0.2, -0.15) is 0 Å². The zero-order valence-corrected chi connectivity index (χ0v) is 14.9. The molecule has 0 radical (unpaired) electrons. The minimum atomic E-state index is -1.20. The molecule has 21 heavy (non-hydrogen) atoms. The summed E-state index contributed by atoms with van der Waals surface area (Å²) in [5.74, 6) is -0.512. The molecule has 0 saturated heterocycles. The summed E-state index contributed by atoms with van der Waals surface area (Å²) in [6.07, 6.45) is 0.399. The van der Waals surface area contributed by atoms with Gasteiger partial charge in [0, 0.05) is 0 Å². The number of carbonyl (C=O) groups is 2. The quantitative estimate of drug-likeness (QED) is 0.503. The largest absolute Gasteiger partial charge is 0.462 e. The van der Waals surface area contributed by atoms with Gasteiger partial charge in [-0.25, -0.2) is 0 Å². The van der Waals surface area contributed by atoms with E-state index in [-0.39, 0.29) is 24.0 Å². The second-order valence-corrected chi connectivity index (χ2v) is 7.19. The molecule has 0 rings (SSSR count). The second kappa shape index (κ2) is 8.40. The Morgan fingerprint density at radius 1 is 0.714 bits per heavy atom. The van der Waals surface area contributed by atoms with Crippen LogP contribution in [0.25, 0.3) is 0 Å². The molecule has 4 heteroatoms. The zero-order chi connectivity index (χ0) is 16.8. The van der Waals surface area contributed by atoms with Crippen LogP contribution in [0.1, 0.15) is 68.2 Å². The SMILES string of the molecule is CC(C)CC(CC(C)C)(C(=O)OC(C)C)C(=O)OC(C)C. The maximum atomic E-state index is 12.6. The Bertz CT molecular complexity index is 309. The molecule has 0 amide bonds. The van der Waals surface area contributed by atoms with E-state index in [1.807, 2.05) is 27.7 Å². The predicted molar refractivity (Wildman–Crippen MR) is 83.8 cm³/mol. The van der Waals surface area contributed by atoms with Crippen LogP contribution < -0.4 is 0 Å². The molecule has 0 aliphatic heterocycles. The lowest BCUT2D eigenvalue weighted by molar-refractivity contribution is -0.180. The van der Waals surface area contributed by atoms with Crippen LogP contribution in [0, 0.1) is 17.3 Å². The van der Waals surface area contributed by atoms with Crippen molar-refractivity contribution in [2.75, 3.05) is 0 Å². The molecule has 124 valence electrons. The van der Waals surface area contributed by atoms with E-state index in [0.29, 0.717) is 12.8 Å². The Morgan fingerprint density at radius 2 is 1.00 bits per heavy atom. The van der Waals surface area contributed by atoms with Crippen LogP contribution in [0.5, 0.6) is 0 Å².